The number of nitrogens with one attached hydrogen (secondary N) is 1. The second-order valence-electron chi connectivity index (χ2n) is 3.68. The van der Waals surface area contributed by atoms with Gasteiger partial charge in [-0.05, 0) is 45.1 Å². The van der Waals surface area contributed by atoms with Crippen molar-refractivity contribution in [1.29, 1.82) is 0 Å². The van der Waals surface area contributed by atoms with Crippen molar-refractivity contribution in [3.63, 3.8) is 0 Å². The van der Waals surface area contributed by atoms with E-state index < -0.39 is 15.8 Å². The maximum Gasteiger partial charge on any atom is 0.271 e. The fourth-order valence-corrected chi connectivity index (χ4v) is 4.26. The fraction of sp³-hybridized carbons (Fsp3) is 0.0909. The highest BCUT2D eigenvalue weighted by molar-refractivity contribution is 9.10. The fourth-order valence-electron chi connectivity index (χ4n) is 1.38. The van der Waals surface area contributed by atoms with Gasteiger partial charge < -0.3 is 5.73 Å². The third-order valence-electron chi connectivity index (χ3n) is 2.33. The Balaban J connectivity index is 2.36. The van der Waals surface area contributed by atoms with Gasteiger partial charge in [0, 0.05) is 11.0 Å². The van der Waals surface area contributed by atoms with Crippen LogP contribution in [0.15, 0.2) is 38.3 Å². The van der Waals surface area contributed by atoms with Gasteiger partial charge in [0.05, 0.1) is 5.69 Å². The number of halogens is 2. The number of nitrogens with two attached hydrogens (primary N) is 1. The normalized spacial score (nSPS) is 11.5. The first kappa shape index (κ1) is 14.4. The molecular weight excluding hydrogens is 355 g/mol. The zero-order chi connectivity index (χ0) is 14.0. The highest BCUT2D eigenvalue weighted by Gasteiger charge is 2.19. The molecule has 8 heteroatoms. The summed E-state index contributed by atoms with van der Waals surface area (Å²) in [4.78, 5) is 0. The molecule has 0 radical (unpaired) electrons. The maximum atomic E-state index is 13.6. The van der Waals surface area contributed by atoms with Gasteiger partial charge >= 0.3 is 0 Å². The highest BCUT2D eigenvalue weighted by atomic mass is 79.9. The summed E-state index contributed by atoms with van der Waals surface area (Å²) in [5.74, 6) is -0.645. The molecule has 0 aliphatic heterocycles. The smallest absolute Gasteiger partial charge is 0.271 e. The molecule has 19 heavy (non-hydrogen) atoms. The van der Waals surface area contributed by atoms with Crippen LogP contribution in [0.4, 0.5) is 10.1 Å². The maximum absolute atomic E-state index is 13.6. The molecule has 0 saturated carbocycles. The minimum Gasteiger partial charge on any atom is -0.326 e. The lowest BCUT2D eigenvalue weighted by atomic mass is 10.3. The van der Waals surface area contributed by atoms with E-state index in [1.54, 1.807) is 11.4 Å². The highest BCUT2D eigenvalue weighted by Crippen LogP contribution is 2.29. The number of anilines is 1. The number of rotatable bonds is 4. The van der Waals surface area contributed by atoms with E-state index in [4.69, 9.17) is 5.73 Å². The molecule has 2 aromatic rings. The lowest BCUT2D eigenvalue weighted by Gasteiger charge is -2.09. The monoisotopic (exact) mass is 364 g/mol. The first-order chi connectivity index (χ1) is 8.94. The molecule has 0 unspecified atom stereocenters. The predicted octanol–water partition coefficient (Wildman–Crippen LogP) is 2.91. The van der Waals surface area contributed by atoms with E-state index >= 15 is 0 Å². The van der Waals surface area contributed by atoms with Gasteiger partial charge in [-0.2, -0.15) is 0 Å². The molecule has 2 rings (SSSR count). The quantitative estimate of drug-likeness (QED) is 0.875. The van der Waals surface area contributed by atoms with Crippen molar-refractivity contribution in [2.75, 3.05) is 4.72 Å². The molecule has 0 aliphatic rings. The number of para-hydroxylation sites is 1. The zero-order valence-electron chi connectivity index (χ0n) is 9.56. The predicted molar refractivity (Wildman–Crippen MR) is 77.1 cm³/mol. The Morgan fingerprint density at radius 3 is 2.74 bits per heavy atom. The molecule has 1 heterocycles. The molecule has 0 amide bonds. The molecule has 3 N–H and O–H groups in total. The second-order valence-corrected chi connectivity index (χ2v) is 7.36. The molecule has 0 fully saturated rings. The van der Waals surface area contributed by atoms with Crippen LogP contribution in [0.25, 0.3) is 0 Å². The number of benzene rings is 1. The van der Waals surface area contributed by atoms with E-state index in [9.17, 15) is 12.8 Å². The van der Waals surface area contributed by atoms with Gasteiger partial charge in [-0.1, -0.05) is 6.07 Å². The number of sulfonamides is 1. The van der Waals surface area contributed by atoms with E-state index in [1.165, 1.54) is 18.2 Å². The average molecular weight is 365 g/mol. The van der Waals surface area contributed by atoms with Gasteiger partial charge in [0.25, 0.3) is 10.0 Å². The van der Waals surface area contributed by atoms with Gasteiger partial charge in [0.15, 0.2) is 0 Å². The Morgan fingerprint density at radius 2 is 2.16 bits per heavy atom. The van der Waals surface area contributed by atoms with Crippen LogP contribution in [0.2, 0.25) is 0 Å². The van der Waals surface area contributed by atoms with Gasteiger partial charge in [-0.3, -0.25) is 4.72 Å². The van der Waals surface area contributed by atoms with Crippen LogP contribution >= 0.6 is 27.3 Å². The third-order valence-corrected chi connectivity index (χ3v) is 5.83. The molecule has 1 aromatic heterocycles. The van der Waals surface area contributed by atoms with Crippen LogP contribution < -0.4 is 10.5 Å². The summed E-state index contributed by atoms with van der Waals surface area (Å²) >= 11 is 4.15. The Hall–Kier alpha value is -0.960. The molecule has 102 valence electrons. The van der Waals surface area contributed by atoms with Crippen molar-refractivity contribution in [2.24, 2.45) is 5.73 Å². The van der Waals surface area contributed by atoms with Crippen LogP contribution in [0.3, 0.4) is 0 Å². The third kappa shape index (κ3) is 3.14. The van der Waals surface area contributed by atoms with E-state index in [1.807, 2.05) is 0 Å². The minimum atomic E-state index is -3.80. The standard InChI is InChI=1S/C11H10BrFN2O2S2/c12-8-2-1-3-9(13)11(8)15-19(16,17)10-4-7(5-14)6-18-10/h1-4,6,15H,5,14H2. The van der Waals surface area contributed by atoms with Gasteiger partial charge in [0.2, 0.25) is 0 Å². The summed E-state index contributed by atoms with van der Waals surface area (Å²) in [6, 6.07) is 5.69. The van der Waals surface area contributed by atoms with Crippen molar-refractivity contribution in [2.45, 2.75) is 10.8 Å². The van der Waals surface area contributed by atoms with Crippen LogP contribution in [0.5, 0.6) is 0 Å². The molecule has 1 aromatic carbocycles. The van der Waals surface area contributed by atoms with Crippen molar-refractivity contribution >= 4 is 43.0 Å². The molecule has 0 bridgehead atoms. The molecule has 0 aliphatic carbocycles. The first-order valence-electron chi connectivity index (χ1n) is 5.18. The van der Waals surface area contributed by atoms with E-state index in [2.05, 4.69) is 20.7 Å². The Bertz CT molecular complexity index is 680. The van der Waals surface area contributed by atoms with Gasteiger partial charge in [-0.15, -0.1) is 11.3 Å². The molecule has 4 nitrogen and oxygen atoms in total. The van der Waals surface area contributed by atoms with E-state index in [0.717, 1.165) is 16.9 Å². The van der Waals surface area contributed by atoms with E-state index in [0.29, 0.717) is 4.47 Å². The van der Waals surface area contributed by atoms with Crippen molar-refractivity contribution in [3.05, 3.63) is 45.5 Å². The summed E-state index contributed by atoms with van der Waals surface area (Å²) in [6.45, 7) is 0.259. The summed E-state index contributed by atoms with van der Waals surface area (Å²) in [6.07, 6.45) is 0. The molecular formula is C11H10BrFN2O2S2. The first-order valence-corrected chi connectivity index (χ1v) is 8.34. The summed E-state index contributed by atoms with van der Waals surface area (Å²) in [7, 11) is -3.80. The van der Waals surface area contributed by atoms with Crippen LogP contribution in [0.1, 0.15) is 5.56 Å². The molecule has 0 spiro atoms. The number of thiophene rings is 1. The van der Waals surface area contributed by atoms with Crippen molar-refractivity contribution < 1.29 is 12.8 Å². The molecule has 0 saturated heterocycles. The second kappa shape index (κ2) is 5.58. The lowest BCUT2D eigenvalue weighted by molar-refractivity contribution is 0.600. The van der Waals surface area contributed by atoms with Crippen LogP contribution in [-0.4, -0.2) is 8.42 Å². The van der Waals surface area contributed by atoms with Crippen molar-refractivity contribution in [3.8, 4) is 0 Å². The molecule has 0 atom stereocenters. The lowest BCUT2D eigenvalue weighted by Crippen LogP contribution is -2.13. The van der Waals surface area contributed by atoms with Crippen molar-refractivity contribution in [1.82, 2.24) is 0 Å². The SMILES string of the molecule is NCc1csc(S(=O)(=O)Nc2c(F)cccc2Br)c1. The Morgan fingerprint density at radius 1 is 1.42 bits per heavy atom. The minimum absolute atomic E-state index is 0.100. The Labute approximate surface area is 122 Å². The van der Waals surface area contributed by atoms with Gasteiger partial charge in [0.1, 0.15) is 10.0 Å². The van der Waals surface area contributed by atoms with Gasteiger partial charge in [-0.25, -0.2) is 12.8 Å². The Kier molecular flexibility index (Phi) is 4.24. The zero-order valence-corrected chi connectivity index (χ0v) is 12.8. The average Bonchev–Trinajstić information content (AvgIpc) is 2.83. The topological polar surface area (TPSA) is 72.2 Å². The summed E-state index contributed by atoms with van der Waals surface area (Å²) in [5.41, 5.74) is 6.05. The largest absolute Gasteiger partial charge is 0.326 e. The summed E-state index contributed by atoms with van der Waals surface area (Å²) < 4.78 is 40.5. The number of hydrogen-bond donors (Lipinski definition) is 2. The van der Waals surface area contributed by atoms with Crippen LogP contribution in [0, 0.1) is 5.82 Å². The summed E-state index contributed by atoms with van der Waals surface area (Å²) in [5, 5.41) is 1.66. The number of hydrogen-bond acceptors (Lipinski definition) is 4. The van der Waals surface area contributed by atoms with E-state index in [-0.39, 0.29) is 16.4 Å². The van der Waals surface area contributed by atoms with Crippen LogP contribution in [-0.2, 0) is 16.6 Å².